The van der Waals surface area contributed by atoms with Crippen molar-refractivity contribution in [2.24, 2.45) is 5.84 Å². The fourth-order valence-corrected chi connectivity index (χ4v) is 6.26. The third-order valence-electron chi connectivity index (χ3n) is 6.86. The first-order valence-electron chi connectivity index (χ1n) is 12.9. The summed E-state index contributed by atoms with van der Waals surface area (Å²) in [6.07, 6.45) is -0.149. The molecule has 10 heteroatoms. The van der Waals surface area contributed by atoms with Crippen LogP contribution in [-0.2, 0) is 21.4 Å². The van der Waals surface area contributed by atoms with Gasteiger partial charge in [-0.25, -0.2) is 14.3 Å². The summed E-state index contributed by atoms with van der Waals surface area (Å²) in [7, 11) is -2.10. The van der Waals surface area contributed by atoms with Crippen LogP contribution in [0.25, 0.3) is 0 Å². The molecule has 3 aromatic rings. The normalized spacial score (nSPS) is 15.1. The van der Waals surface area contributed by atoms with Crippen LogP contribution in [0.4, 0.5) is 11.4 Å². The molecule has 0 amide bonds. The number of fused-ring (bicyclic) bond motifs is 1. The van der Waals surface area contributed by atoms with E-state index in [1.165, 1.54) is 9.31 Å². The van der Waals surface area contributed by atoms with Gasteiger partial charge in [-0.1, -0.05) is 50.2 Å². The molecule has 4 rings (SSSR count). The van der Waals surface area contributed by atoms with Gasteiger partial charge in [0.1, 0.15) is 17.3 Å². The van der Waals surface area contributed by atoms with Gasteiger partial charge in [0, 0.05) is 26.1 Å². The number of anilines is 2. The molecule has 1 aliphatic heterocycles. The van der Waals surface area contributed by atoms with E-state index in [4.69, 9.17) is 16.3 Å². The summed E-state index contributed by atoms with van der Waals surface area (Å²) in [6.45, 7) is 8.33. The maximum atomic E-state index is 13.4. The summed E-state index contributed by atoms with van der Waals surface area (Å²) in [6, 6.07) is 15.9. The lowest BCUT2D eigenvalue weighted by atomic mass is 9.84. The van der Waals surface area contributed by atoms with Crippen molar-refractivity contribution < 1.29 is 23.1 Å². The average Bonchev–Trinajstić information content (AvgIpc) is 3.02. The van der Waals surface area contributed by atoms with Crippen LogP contribution in [0.1, 0.15) is 54.0 Å². The summed E-state index contributed by atoms with van der Waals surface area (Å²) >= 11 is 0. The Labute approximate surface area is 231 Å². The summed E-state index contributed by atoms with van der Waals surface area (Å²) < 4.78 is 34.0. The van der Waals surface area contributed by atoms with Crippen LogP contribution >= 0.6 is 0 Å². The van der Waals surface area contributed by atoms with Gasteiger partial charge in [0.25, 0.3) is 0 Å². The minimum absolute atomic E-state index is 0.136. The van der Waals surface area contributed by atoms with Gasteiger partial charge in [-0.2, -0.15) is 4.31 Å². The number of carboxylic acids is 1. The van der Waals surface area contributed by atoms with Crippen molar-refractivity contribution in [3.05, 3.63) is 82.4 Å². The summed E-state index contributed by atoms with van der Waals surface area (Å²) in [5.74, 6) is 4.80. The van der Waals surface area contributed by atoms with Crippen molar-refractivity contribution >= 4 is 27.4 Å². The number of aryl methyl sites for hydroxylation is 1. The first kappa shape index (κ1) is 29.9. The Hall–Kier alpha value is -3.60. The van der Waals surface area contributed by atoms with Gasteiger partial charge in [-0.15, -0.1) is 0 Å². The Morgan fingerprint density at radius 2 is 1.82 bits per heavy atom. The van der Waals surface area contributed by atoms with Gasteiger partial charge >= 0.3 is 5.97 Å². The molecule has 5 N–H and O–H groups in total. The SMILES string of the molecule is CC.Cc1ccc(C(CC(=O)O)c2ccc(N(C)N)c(N)c2C)cc1CN1CCOc2ccccc2S1(=O)=O. The molecule has 1 aliphatic rings. The van der Waals surface area contributed by atoms with Gasteiger partial charge in [-0.05, 0) is 59.9 Å². The highest BCUT2D eigenvalue weighted by Gasteiger charge is 2.31. The van der Waals surface area contributed by atoms with Gasteiger partial charge in [0.2, 0.25) is 10.0 Å². The van der Waals surface area contributed by atoms with E-state index in [0.29, 0.717) is 17.1 Å². The van der Waals surface area contributed by atoms with Gasteiger partial charge in [0.15, 0.2) is 0 Å². The molecule has 9 nitrogen and oxygen atoms in total. The van der Waals surface area contributed by atoms with E-state index < -0.39 is 21.9 Å². The lowest BCUT2D eigenvalue weighted by Crippen LogP contribution is -2.32. The molecule has 1 atom stereocenters. The fraction of sp³-hybridized carbons (Fsp3) is 0.345. The van der Waals surface area contributed by atoms with Crippen molar-refractivity contribution in [2.75, 3.05) is 30.9 Å². The number of carbonyl (C=O) groups is 1. The quantitative estimate of drug-likeness (QED) is 0.222. The third kappa shape index (κ3) is 6.35. The Balaban J connectivity index is 0.00000205. The first-order chi connectivity index (χ1) is 18.5. The molecule has 0 saturated carbocycles. The van der Waals surface area contributed by atoms with Crippen LogP contribution in [0.5, 0.6) is 5.75 Å². The predicted molar refractivity (Wildman–Crippen MR) is 154 cm³/mol. The van der Waals surface area contributed by atoms with Crippen molar-refractivity contribution in [2.45, 2.75) is 51.5 Å². The number of aliphatic carboxylic acids is 1. The van der Waals surface area contributed by atoms with Crippen molar-refractivity contribution in [1.29, 1.82) is 0 Å². The molecule has 210 valence electrons. The number of hydrogen-bond acceptors (Lipinski definition) is 7. The maximum Gasteiger partial charge on any atom is 0.304 e. The Bertz CT molecular complexity index is 1440. The van der Waals surface area contributed by atoms with Crippen LogP contribution in [0, 0.1) is 13.8 Å². The molecular weight excluding hydrogens is 516 g/mol. The second-order valence-corrected chi connectivity index (χ2v) is 11.2. The van der Waals surface area contributed by atoms with Crippen molar-refractivity contribution in [1.82, 2.24) is 4.31 Å². The van der Waals surface area contributed by atoms with E-state index in [1.807, 2.05) is 52.0 Å². The maximum absolute atomic E-state index is 13.4. The van der Waals surface area contributed by atoms with E-state index in [2.05, 4.69) is 0 Å². The minimum Gasteiger partial charge on any atom is -0.491 e. The number of benzene rings is 3. The van der Waals surface area contributed by atoms with E-state index >= 15 is 0 Å². The third-order valence-corrected chi connectivity index (χ3v) is 8.74. The lowest BCUT2D eigenvalue weighted by molar-refractivity contribution is -0.137. The topological polar surface area (TPSA) is 139 Å². The standard InChI is InChI=1S/C27H32N4O5S.C2H6/c1-17-8-9-19(22(15-26(32)33)21-10-11-23(30(3)29)27(28)18(21)2)14-20(17)16-31-12-13-36-24-6-4-5-7-25(24)37(31,34)35;1-2/h4-11,14,22H,12-13,15-16,28-29H2,1-3H3,(H,32,33);1-2H3. The predicted octanol–water partition coefficient (Wildman–Crippen LogP) is 4.41. The largest absolute Gasteiger partial charge is 0.491 e. The zero-order valence-corrected chi connectivity index (χ0v) is 24.0. The number of carboxylic acid groups (broad SMARTS) is 1. The first-order valence-corrected chi connectivity index (χ1v) is 14.3. The molecule has 0 radical (unpaired) electrons. The molecule has 1 unspecified atom stereocenters. The highest BCUT2D eigenvalue weighted by atomic mass is 32.2. The van der Waals surface area contributed by atoms with E-state index in [-0.39, 0.29) is 31.0 Å². The zero-order chi connectivity index (χ0) is 28.9. The number of para-hydroxylation sites is 1. The number of hydrazine groups is 1. The van der Waals surface area contributed by atoms with Gasteiger partial charge in [0.05, 0.1) is 17.8 Å². The molecule has 39 heavy (non-hydrogen) atoms. The molecule has 0 aromatic heterocycles. The molecular formula is C29H38N4O5S. The van der Waals surface area contributed by atoms with E-state index in [0.717, 1.165) is 27.8 Å². The molecule has 0 saturated heterocycles. The summed E-state index contributed by atoms with van der Waals surface area (Å²) in [4.78, 5) is 12.0. The fourth-order valence-electron chi connectivity index (χ4n) is 4.73. The highest BCUT2D eigenvalue weighted by molar-refractivity contribution is 7.89. The molecule has 0 bridgehead atoms. The zero-order valence-electron chi connectivity index (χ0n) is 23.1. The Kier molecular flexibility index (Phi) is 9.60. The minimum atomic E-state index is -3.78. The lowest BCUT2D eigenvalue weighted by Gasteiger charge is -2.25. The van der Waals surface area contributed by atoms with Crippen LogP contribution in [0.15, 0.2) is 59.5 Å². The Morgan fingerprint density at radius 1 is 1.13 bits per heavy atom. The molecule has 1 heterocycles. The monoisotopic (exact) mass is 554 g/mol. The average molecular weight is 555 g/mol. The van der Waals surface area contributed by atoms with Crippen LogP contribution in [-0.4, -0.2) is 44.0 Å². The van der Waals surface area contributed by atoms with Crippen molar-refractivity contribution in [3.8, 4) is 5.75 Å². The number of nitrogens with two attached hydrogens (primary N) is 2. The van der Waals surface area contributed by atoms with Gasteiger partial charge < -0.3 is 20.6 Å². The highest BCUT2D eigenvalue weighted by Crippen LogP contribution is 2.37. The molecule has 0 fully saturated rings. The second kappa shape index (κ2) is 12.5. The number of nitrogens with zero attached hydrogens (tertiary/aromatic N) is 2. The molecule has 3 aromatic carbocycles. The number of rotatable bonds is 7. The molecule has 0 aliphatic carbocycles. The van der Waals surface area contributed by atoms with Crippen LogP contribution in [0.3, 0.4) is 0 Å². The van der Waals surface area contributed by atoms with Crippen LogP contribution in [0.2, 0.25) is 0 Å². The van der Waals surface area contributed by atoms with Crippen LogP contribution < -0.4 is 21.3 Å². The number of hydrogen-bond donors (Lipinski definition) is 3. The number of ether oxygens (including phenoxy) is 1. The smallest absolute Gasteiger partial charge is 0.304 e. The van der Waals surface area contributed by atoms with E-state index in [9.17, 15) is 18.3 Å². The van der Waals surface area contributed by atoms with Gasteiger partial charge in [-0.3, -0.25) is 4.79 Å². The number of sulfonamides is 1. The molecule has 0 spiro atoms. The second-order valence-electron chi connectivity index (χ2n) is 9.29. The van der Waals surface area contributed by atoms with Crippen molar-refractivity contribution in [3.63, 3.8) is 0 Å². The Morgan fingerprint density at radius 3 is 2.49 bits per heavy atom. The summed E-state index contributed by atoms with van der Waals surface area (Å²) in [5, 5.41) is 11.1. The summed E-state index contributed by atoms with van der Waals surface area (Å²) in [5.41, 5.74) is 11.5. The number of nitrogen functional groups attached to an aromatic ring is 1. The van der Waals surface area contributed by atoms with E-state index in [1.54, 1.807) is 37.4 Å².